The van der Waals surface area contributed by atoms with Gasteiger partial charge >= 0.3 is 5.97 Å². The van der Waals surface area contributed by atoms with Gasteiger partial charge in [0.2, 0.25) is 5.79 Å². The maximum Gasteiger partial charge on any atom is 0.302 e. The van der Waals surface area contributed by atoms with E-state index in [-0.39, 0.29) is 46.4 Å². The summed E-state index contributed by atoms with van der Waals surface area (Å²) in [5, 5.41) is 0. The highest BCUT2D eigenvalue weighted by Crippen LogP contribution is 2.72. The number of carbonyl (C=O) groups excluding carboxylic acids is 2. The maximum absolute atomic E-state index is 13.3. The number of rotatable bonds is 3. The topological polar surface area (TPSA) is 61.8 Å². The highest BCUT2D eigenvalue weighted by atomic mass is 16.7. The van der Waals surface area contributed by atoms with Crippen LogP contribution in [0.1, 0.15) is 59.8 Å². The second-order valence-corrected chi connectivity index (χ2v) is 10.4. The molecule has 5 aliphatic rings. The van der Waals surface area contributed by atoms with E-state index in [2.05, 4.69) is 26.8 Å². The van der Waals surface area contributed by atoms with Crippen LogP contribution in [0.3, 0.4) is 0 Å². The van der Waals surface area contributed by atoms with E-state index in [0.29, 0.717) is 6.42 Å². The number of hydrogen-bond donors (Lipinski definition) is 0. The lowest BCUT2D eigenvalue weighted by molar-refractivity contribution is -0.317. The van der Waals surface area contributed by atoms with Gasteiger partial charge in [0.05, 0.1) is 5.41 Å². The van der Waals surface area contributed by atoms with Crippen molar-refractivity contribution in [3.8, 4) is 0 Å². The highest BCUT2D eigenvalue weighted by molar-refractivity contribution is 5.93. The van der Waals surface area contributed by atoms with Crippen LogP contribution in [0.5, 0.6) is 0 Å². The molecule has 0 radical (unpaired) electrons. The van der Waals surface area contributed by atoms with Gasteiger partial charge in [-0.2, -0.15) is 0 Å². The molecule has 5 heteroatoms. The molecule has 0 aromatic heterocycles. The van der Waals surface area contributed by atoms with Crippen LogP contribution >= 0.6 is 0 Å². The van der Waals surface area contributed by atoms with E-state index >= 15 is 0 Å². The molecule has 2 bridgehead atoms. The third-order valence-corrected chi connectivity index (χ3v) is 8.70. The van der Waals surface area contributed by atoms with Gasteiger partial charge in [-0.05, 0) is 42.4 Å². The number of ketones is 1. The molecule has 5 aliphatic carbocycles. The lowest BCUT2D eigenvalue weighted by Gasteiger charge is -2.70. The van der Waals surface area contributed by atoms with E-state index in [1.54, 1.807) is 14.2 Å². The van der Waals surface area contributed by atoms with Crippen molar-refractivity contribution < 1.29 is 23.8 Å². The number of fused-ring (bicyclic) bond motifs is 2. The summed E-state index contributed by atoms with van der Waals surface area (Å²) >= 11 is 0. The minimum atomic E-state index is -1.30. The molecular weight excluding hydrogens is 356 g/mol. The number of allylic oxidation sites excluding steroid dienone is 1. The molecule has 5 rings (SSSR count). The van der Waals surface area contributed by atoms with Gasteiger partial charge in [0.1, 0.15) is 6.10 Å². The molecule has 0 amide bonds. The SMILES string of the molecule is COC1(OC)C(=O)[C@H]2C=C[C@@]13CC(OC(C)=O)[C@@H]1C(C)(C)CCC[C@@]1(C)[C@@H]3C2. The van der Waals surface area contributed by atoms with E-state index in [4.69, 9.17) is 14.2 Å². The fourth-order valence-corrected chi connectivity index (χ4v) is 8.04. The summed E-state index contributed by atoms with van der Waals surface area (Å²) in [4.78, 5) is 25.4. The fourth-order valence-electron chi connectivity index (χ4n) is 8.04. The van der Waals surface area contributed by atoms with Gasteiger partial charge in [-0.1, -0.05) is 39.3 Å². The Labute approximate surface area is 168 Å². The first-order chi connectivity index (χ1) is 13.1. The van der Waals surface area contributed by atoms with Crippen LogP contribution in [0.2, 0.25) is 0 Å². The van der Waals surface area contributed by atoms with Gasteiger partial charge in [0.15, 0.2) is 5.78 Å². The van der Waals surface area contributed by atoms with E-state index < -0.39 is 11.2 Å². The molecular formula is C23H34O5. The summed E-state index contributed by atoms with van der Waals surface area (Å²) in [5.41, 5.74) is -0.588. The van der Waals surface area contributed by atoms with Crippen LogP contribution < -0.4 is 0 Å². The Balaban J connectivity index is 1.92. The standard InChI is InChI=1S/C23H34O5/c1-14(24)28-16-13-22-11-8-15(19(25)23(22,26-5)27-6)12-17(22)21(4)10-7-9-20(2,3)18(16)21/h8,11,15-18H,7,9-10,12-13H2,1-6H3/t15-,16?,17-,18+,21-,22-/m0/s1. The normalized spacial score (nSPS) is 45.3. The van der Waals surface area contributed by atoms with Crippen LogP contribution in [-0.4, -0.2) is 37.9 Å². The first-order valence-electron chi connectivity index (χ1n) is 10.6. The Kier molecular flexibility index (Phi) is 4.41. The van der Waals surface area contributed by atoms with E-state index in [1.807, 2.05) is 6.08 Å². The first kappa shape index (κ1) is 20.1. The molecule has 1 spiro atoms. The lowest BCUT2D eigenvalue weighted by Crippen LogP contribution is -2.74. The minimum Gasteiger partial charge on any atom is -0.462 e. The molecule has 0 N–H and O–H groups in total. The summed E-state index contributed by atoms with van der Waals surface area (Å²) in [6.07, 6.45) is 8.70. The number of ether oxygens (including phenoxy) is 3. The average Bonchev–Trinajstić information content (AvgIpc) is 2.60. The van der Waals surface area contributed by atoms with Crippen molar-refractivity contribution in [2.75, 3.05) is 14.2 Å². The minimum absolute atomic E-state index is 0.00921. The second-order valence-electron chi connectivity index (χ2n) is 10.4. The van der Waals surface area contributed by atoms with Gasteiger partial charge in [-0.15, -0.1) is 0 Å². The van der Waals surface area contributed by atoms with E-state index in [1.165, 1.54) is 6.92 Å². The van der Waals surface area contributed by atoms with Crippen molar-refractivity contribution in [1.29, 1.82) is 0 Å². The van der Waals surface area contributed by atoms with Crippen LogP contribution in [0.25, 0.3) is 0 Å². The monoisotopic (exact) mass is 390 g/mol. The van der Waals surface area contributed by atoms with Crippen molar-refractivity contribution in [3.63, 3.8) is 0 Å². The average molecular weight is 391 g/mol. The molecule has 156 valence electrons. The number of methoxy groups -OCH3 is 2. The molecule has 28 heavy (non-hydrogen) atoms. The summed E-state index contributed by atoms with van der Waals surface area (Å²) in [7, 11) is 3.14. The van der Waals surface area contributed by atoms with Crippen LogP contribution in [-0.2, 0) is 23.8 Å². The van der Waals surface area contributed by atoms with Crippen LogP contribution in [0.4, 0.5) is 0 Å². The van der Waals surface area contributed by atoms with Crippen LogP contribution in [0.15, 0.2) is 12.2 Å². The van der Waals surface area contributed by atoms with Crippen LogP contribution in [0, 0.1) is 34.0 Å². The third kappa shape index (κ3) is 2.26. The predicted octanol–water partition coefficient (Wildman–Crippen LogP) is 3.90. The zero-order valence-electron chi connectivity index (χ0n) is 18.0. The Morgan fingerprint density at radius 3 is 2.43 bits per heavy atom. The Morgan fingerprint density at radius 1 is 1.14 bits per heavy atom. The molecule has 0 aliphatic heterocycles. The van der Waals surface area contributed by atoms with E-state index in [0.717, 1.165) is 25.7 Å². The first-order valence-corrected chi connectivity index (χ1v) is 10.6. The molecule has 0 saturated heterocycles. The smallest absolute Gasteiger partial charge is 0.302 e. The number of hydrogen-bond acceptors (Lipinski definition) is 5. The number of carbonyl (C=O) groups is 2. The largest absolute Gasteiger partial charge is 0.462 e. The molecule has 0 aromatic rings. The summed E-state index contributed by atoms with van der Waals surface area (Å²) in [6, 6.07) is 0. The summed E-state index contributed by atoms with van der Waals surface area (Å²) in [6.45, 7) is 8.46. The fraction of sp³-hybridized carbons (Fsp3) is 0.826. The number of esters is 1. The zero-order chi connectivity index (χ0) is 20.5. The predicted molar refractivity (Wildman–Crippen MR) is 104 cm³/mol. The molecule has 1 unspecified atom stereocenters. The Morgan fingerprint density at radius 2 is 1.82 bits per heavy atom. The summed E-state index contributed by atoms with van der Waals surface area (Å²) in [5.74, 6) is -1.21. The van der Waals surface area contributed by atoms with Crippen molar-refractivity contribution in [3.05, 3.63) is 12.2 Å². The van der Waals surface area contributed by atoms with Gasteiger partial charge < -0.3 is 14.2 Å². The Bertz CT molecular complexity index is 721. The second kappa shape index (κ2) is 6.15. The Hall–Kier alpha value is -1.20. The highest BCUT2D eigenvalue weighted by Gasteiger charge is 2.75. The van der Waals surface area contributed by atoms with E-state index in [9.17, 15) is 9.59 Å². The molecule has 0 aromatic carbocycles. The molecule has 5 nitrogen and oxygen atoms in total. The number of Topliss-reactive ketones (excluding diaryl/α,β-unsaturated/α-hetero) is 1. The molecule has 3 fully saturated rings. The van der Waals surface area contributed by atoms with Crippen molar-refractivity contribution in [1.82, 2.24) is 0 Å². The quantitative estimate of drug-likeness (QED) is 0.415. The zero-order valence-corrected chi connectivity index (χ0v) is 18.0. The maximum atomic E-state index is 13.3. The van der Waals surface area contributed by atoms with Gasteiger partial charge in [-0.3, -0.25) is 9.59 Å². The molecule has 6 atom stereocenters. The molecule has 3 saturated carbocycles. The third-order valence-electron chi connectivity index (χ3n) is 8.70. The van der Waals surface area contributed by atoms with Gasteiger partial charge in [0, 0.05) is 33.0 Å². The molecule has 0 heterocycles. The van der Waals surface area contributed by atoms with Gasteiger partial charge in [-0.25, -0.2) is 0 Å². The van der Waals surface area contributed by atoms with Crippen molar-refractivity contribution >= 4 is 11.8 Å². The lowest BCUT2D eigenvalue weighted by atomic mass is 9.36. The van der Waals surface area contributed by atoms with Gasteiger partial charge in [0.25, 0.3) is 0 Å². The van der Waals surface area contributed by atoms with Crippen molar-refractivity contribution in [2.24, 2.45) is 34.0 Å². The summed E-state index contributed by atoms with van der Waals surface area (Å²) < 4.78 is 17.8. The van der Waals surface area contributed by atoms with Crippen molar-refractivity contribution in [2.45, 2.75) is 71.7 Å².